The van der Waals surface area contributed by atoms with Gasteiger partial charge in [-0.15, -0.1) is 5.10 Å². The Morgan fingerprint density at radius 1 is 1.21 bits per heavy atom. The maximum absolute atomic E-state index is 6.37. The van der Waals surface area contributed by atoms with Crippen molar-refractivity contribution in [1.29, 1.82) is 0 Å². The Morgan fingerprint density at radius 2 is 1.89 bits per heavy atom. The minimum atomic E-state index is -0.605. The summed E-state index contributed by atoms with van der Waals surface area (Å²) in [4.78, 5) is 0.309. The van der Waals surface area contributed by atoms with Gasteiger partial charge >= 0.3 is 0 Å². The predicted octanol–water partition coefficient (Wildman–Crippen LogP) is 2.29. The first-order chi connectivity index (χ1) is 9.19. The maximum atomic E-state index is 6.37. The minimum absolute atomic E-state index is 0.309. The fourth-order valence-corrected chi connectivity index (χ4v) is 2.50. The quantitative estimate of drug-likeness (QED) is 0.853. The minimum Gasteiger partial charge on any atom is -0.409 e. The molecule has 1 aliphatic heterocycles. The van der Waals surface area contributed by atoms with Crippen molar-refractivity contribution in [1.82, 2.24) is 9.78 Å². The molecule has 0 atom stereocenters. The number of hydrogen-bond donors (Lipinski definition) is 1. The summed E-state index contributed by atoms with van der Waals surface area (Å²) in [6.07, 6.45) is 1.37. The standard InChI is InChI=1S/C13H15N3O2S/c14-13(6-8-17-9-7-13)16-12(19)18-11(15-16)10-4-2-1-3-5-10/h1-5H,6-9,14H2. The van der Waals surface area contributed by atoms with Gasteiger partial charge < -0.3 is 14.9 Å². The van der Waals surface area contributed by atoms with Crippen molar-refractivity contribution in [2.24, 2.45) is 5.73 Å². The van der Waals surface area contributed by atoms with Crippen LogP contribution in [0.15, 0.2) is 34.7 Å². The van der Waals surface area contributed by atoms with E-state index in [2.05, 4.69) is 5.10 Å². The molecule has 0 amide bonds. The van der Waals surface area contributed by atoms with E-state index in [1.807, 2.05) is 30.3 Å². The van der Waals surface area contributed by atoms with Crippen LogP contribution in [0.5, 0.6) is 0 Å². The summed E-state index contributed by atoms with van der Waals surface area (Å²) in [5.74, 6) is 0.502. The molecule has 0 spiro atoms. The summed E-state index contributed by atoms with van der Waals surface area (Å²) in [5, 5.41) is 4.44. The SMILES string of the molecule is NC1(n2nc(-c3ccccc3)oc2=S)CCOCC1. The fraction of sp³-hybridized carbons (Fsp3) is 0.385. The van der Waals surface area contributed by atoms with Crippen LogP contribution < -0.4 is 5.73 Å². The van der Waals surface area contributed by atoms with Gasteiger partial charge in [0.2, 0.25) is 5.89 Å². The Hall–Kier alpha value is -1.50. The van der Waals surface area contributed by atoms with Crippen molar-refractivity contribution in [2.75, 3.05) is 13.2 Å². The topological polar surface area (TPSA) is 66.2 Å². The highest BCUT2D eigenvalue weighted by atomic mass is 32.1. The molecule has 1 fully saturated rings. The van der Waals surface area contributed by atoms with Gasteiger partial charge in [0.1, 0.15) is 5.66 Å². The number of ether oxygens (including phenoxy) is 1. The second kappa shape index (κ2) is 4.88. The lowest BCUT2D eigenvalue weighted by molar-refractivity contribution is 0.0163. The molecule has 0 radical (unpaired) electrons. The average molecular weight is 277 g/mol. The smallest absolute Gasteiger partial charge is 0.289 e. The van der Waals surface area contributed by atoms with Gasteiger partial charge in [-0.3, -0.25) is 0 Å². The molecule has 1 aliphatic rings. The van der Waals surface area contributed by atoms with Crippen molar-refractivity contribution in [3.05, 3.63) is 35.2 Å². The van der Waals surface area contributed by atoms with Gasteiger partial charge in [-0.25, -0.2) is 0 Å². The average Bonchev–Trinajstić information content (AvgIpc) is 2.84. The summed E-state index contributed by atoms with van der Waals surface area (Å²) in [6, 6.07) is 9.66. The Bertz CT molecular complexity index is 614. The lowest BCUT2D eigenvalue weighted by Gasteiger charge is -2.32. The molecule has 2 heterocycles. The molecule has 19 heavy (non-hydrogen) atoms. The van der Waals surface area contributed by atoms with Crippen LogP contribution in [-0.4, -0.2) is 23.0 Å². The van der Waals surface area contributed by atoms with E-state index in [9.17, 15) is 0 Å². The molecule has 0 aliphatic carbocycles. The molecule has 100 valence electrons. The zero-order valence-corrected chi connectivity index (χ0v) is 11.2. The number of nitrogens with zero attached hydrogens (tertiary/aromatic N) is 2. The van der Waals surface area contributed by atoms with E-state index in [0.29, 0.717) is 36.8 Å². The molecule has 0 saturated carbocycles. The highest BCUT2D eigenvalue weighted by Crippen LogP contribution is 2.26. The third-order valence-corrected chi connectivity index (χ3v) is 3.61. The second-order valence-corrected chi connectivity index (χ2v) is 5.02. The second-order valence-electron chi connectivity index (χ2n) is 4.67. The van der Waals surface area contributed by atoms with Crippen LogP contribution in [0.2, 0.25) is 0 Å². The van der Waals surface area contributed by atoms with E-state index >= 15 is 0 Å². The van der Waals surface area contributed by atoms with Crippen LogP contribution in [0, 0.1) is 4.84 Å². The summed E-state index contributed by atoms with van der Waals surface area (Å²) in [7, 11) is 0. The monoisotopic (exact) mass is 277 g/mol. The van der Waals surface area contributed by atoms with Crippen molar-refractivity contribution < 1.29 is 9.15 Å². The molecule has 2 aromatic rings. The molecule has 0 bridgehead atoms. The van der Waals surface area contributed by atoms with Gasteiger partial charge in [-0.1, -0.05) is 18.2 Å². The van der Waals surface area contributed by atoms with Gasteiger partial charge in [0.25, 0.3) is 4.84 Å². The molecule has 5 nitrogen and oxygen atoms in total. The van der Waals surface area contributed by atoms with Crippen LogP contribution >= 0.6 is 12.2 Å². The van der Waals surface area contributed by atoms with Gasteiger partial charge in [0, 0.05) is 18.4 Å². The Labute approximate surface area is 116 Å². The zero-order chi connectivity index (χ0) is 13.3. The zero-order valence-electron chi connectivity index (χ0n) is 10.4. The van der Waals surface area contributed by atoms with E-state index in [1.165, 1.54) is 0 Å². The van der Waals surface area contributed by atoms with E-state index in [1.54, 1.807) is 4.68 Å². The lowest BCUT2D eigenvalue weighted by atomic mass is 10.0. The Morgan fingerprint density at radius 3 is 2.58 bits per heavy atom. The highest BCUT2D eigenvalue weighted by Gasteiger charge is 2.33. The first-order valence-electron chi connectivity index (χ1n) is 6.22. The van der Waals surface area contributed by atoms with Crippen molar-refractivity contribution in [2.45, 2.75) is 18.5 Å². The number of hydrogen-bond acceptors (Lipinski definition) is 5. The molecule has 3 rings (SSSR count). The van der Waals surface area contributed by atoms with Gasteiger partial charge in [-0.2, -0.15) is 4.68 Å². The van der Waals surface area contributed by atoms with Crippen molar-refractivity contribution in [3.63, 3.8) is 0 Å². The Balaban J connectivity index is 2.00. The number of benzene rings is 1. The third-order valence-electron chi connectivity index (χ3n) is 3.35. The van der Waals surface area contributed by atoms with Crippen LogP contribution in [0.1, 0.15) is 12.8 Å². The summed E-state index contributed by atoms with van der Waals surface area (Å²) in [6.45, 7) is 1.23. The number of rotatable bonds is 2. The summed E-state index contributed by atoms with van der Waals surface area (Å²) >= 11 is 5.24. The van der Waals surface area contributed by atoms with Gasteiger partial charge in [-0.05, 0) is 24.4 Å². The number of aromatic nitrogens is 2. The fourth-order valence-electron chi connectivity index (χ4n) is 2.19. The van der Waals surface area contributed by atoms with Crippen molar-refractivity contribution >= 4 is 12.2 Å². The van der Waals surface area contributed by atoms with E-state index < -0.39 is 5.66 Å². The van der Waals surface area contributed by atoms with E-state index in [0.717, 1.165) is 5.56 Å². The molecule has 2 N–H and O–H groups in total. The van der Waals surface area contributed by atoms with Crippen LogP contribution in [0.4, 0.5) is 0 Å². The lowest BCUT2D eigenvalue weighted by Crippen LogP contribution is -2.48. The molecule has 1 aromatic carbocycles. The molecule has 6 heteroatoms. The van der Waals surface area contributed by atoms with E-state index in [4.69, 9.17) is 27.1 Å². The summed E-state index contributed by atoms with van der Waals surface area (Å²) in [5.41, 5.74) is 6.65. The van der Waals surface area contributed by atoms with E-state index in [-0.39, 0.29) is 0 Å². The first-order valence-corrected chi connectivity index (χ1v) is 6.63. The molecular weight excluding hydrogens is 262 g/mol. The highest BCUT2D eigenvalue weighted by molar-refractivity contribution is 7.71. The molecule has 0 unspecified atom stereocenters. The normalized spacial score (nSPS) is 18.4. The molecule has 1 aromatic heterocycles. The Kier molecular flexibility index (Phi) is 3.22. The van der Waals surface area contributed by atoms with Crippen LogP contribution in [0.25, 0.3) is 11.5 Å². The molecular formula is C13H15N3O2S. The van der Waals surface area contributed by atoms with Crippen molar-refractivity contribution in [3.8, 4) is 11.5 Å². The van der Waals surface area contributed by atoms with Gasteiger partial charge in [0.05, 0.1) is 13.2 Å². The largest absolute Gasteiger partial charge is 0.409 e. The van der Waals surface area contributed by atoms with Crippen LogP contribution in [0.3, 0.4) is 0 Å². The maximum Gasteiger partial charge on any atom is 0.289 e. The summed E-state index contributed by atoms with van der Waals surface area (Å²) < 4.78 is 12.5. The number of nitrogens with two attached hydrogens (primary N) is 1. The predicted molar refractivity (Wildman–Crippen MR) is 73.0 cm³/mol. The third kappa shape index (κ3) is 2.34. The first kappa shape index (κ1) is 12.5. The molecule has 1 saturated heterocycles. The van der Waals surface area contributed by atoms with Gasteiger partial charge in [0.15, 0.2) is 0 Å². The van der Waals surface area contributed by atoms with Crippen LogP contribution in [-0.2, 0) is 10.4 Å².